The second-order valence-corrected chi connectivity index (χ2v) is 11.4. The van der Waals surface area contributed by atoms with Gasteiger partial charge in [-0.3, -0.25) is 9.69 Å². The third-order valence-corrected chi connectivity index (χ3v) is 8.29. The fourth-order valence-corrected chi connectivity index (χ4v) is 6.49. The first-order valence-electron chi connectivity index (χ1n) is 10.1. The van der Waals surface area contributed by atoms with Gasteiger partial charge >= 0.3 is 0 Å². The minimum absolute atomic E-state index is 0.0579. The molecule has 0 spiro atoms. The van der Waals surface area contributed by atoms with Crippen molar-refractivity contribution in [1.82, 2.24) is 9.21 Å². The van der Waals surface area contributed by atoms with Crippen LogP contribution in [0, 0.1) is 11.8 Å². The molecule has 0 aliphatic carbocycles. The van der Waals surface area contributed by atoms with Gasteiger partial charge in [-0.05, 0) is 56.2 Å². The molecular weight excluding hydrogens is 447 g/mol. The van der Waals surface area contributed by atoms with Gasteiger partial charge in [-0.1, -0.05) is 37.0 Å². The molecule has 0 bridgehead atoms. The van der Waals surface area contributed by atoms with Crippen LogP contribution >= 0.6 is 23.2 Å². The van der Waals surface area contributed by atoms with Gasteiger partial charge in [0.05, 0.1) is 5.02 Å². The number of hydrogen-bond donors (Lipinski definition) is 1. The Balaban J connectivity index is 1.64. The van der Waals surface area contributed by atoms with Crippen LogP contribution in [0.15, 0.2) is 28.1 Å². The Morgan fingerprint density at radius 2 is 1.90 bits per heavy atom. The Morgan fingerprint density at radius 1 is 1.27 bits per heavy atom. The van der Waals surface area contributed by atoms with E-state index in [9.17, 15) is 13.2 Å². The van der Waals surface area contributed by atoms with Gasteiger partial charge in [0, 0.05) is 24.7 Å². The van der Waals surface area contributed by atoms with Gasteiger partial charge in [-0.15, -0.1) is 0 Å². The Kier molecular flexibility index (Phi) is 6.72. The monoisotopic (exact) mass is 474 g/mol. The van der Waals surface area contributed by atoms with Crippen molar-refractivity contribution >= 4 is 45.1 Å². The summed E-state index contributed by atoms with van der Waals surface area (Å²) in [5.74, 6) is 0.655. The molecular formula is C20H28Cl2N4O3S. The van der Waals surface area contributed by atoms with E-state index in [0.717, 1.165) is 0 Å². The van der Waals surface area contributed by atoms with Crippen LogP contribution in [0.1, 0.15) is 40.0 Å². The van der Waals surface area contributed by atoms with Crippen LogP contribution in [0.3, 0.4) is 0 Å². The van der Waals surface area contributed by atoms with Gasteiger partial charge < -0.3 is 5.73 Å². The number of carbonyl (C=O) groups excluding carboxylic acids is 1. The molecule has 2 aliphatic rings. The van der Waals surface area contributed by atoms with E-state index >= 15 is 0 Å². The van der Waals surface area contributed by atoms with E-state index in [1.165, 1.54) is 22.5 Å². The standard InChI is InChI=1S/C20H28Cl2N4O3S/c1-13(2)11-20(3)18(27)26(19(23)24-20)12-14-6-8-25(9-7-14)30(28,29)17-5-4-15(21)10-16(17)22/h4-5,10,13-14H,6-9,11-12H2,1-3H3,(H2,23,24). The van der Waals surface area contributed by atoms with E-state index in [-0.39, 0.29) is 27.7 Å². The summed E-state index contributed by atoms with van der Waals surface area (Å²) in [6.07, 6.45) is 1.90. The number of rotatable bonds is 6. The summed E-state index contributed by atoms with van der Waals surface area (Å²) in [5.41, 5.74) is 5.25. The van der Waals surface area contributed by atoms with E-state index in [4.69, 9.17) is 28.9 Å². The molecule has 2 N–H and O–H groups in total. The lowest BCUT2D eigenvalue weighted by molar-refractivity contribution is -0.131. The third kappa shape index (κ3) is 4.61. The summed E-state index contributed by atoms with van der Waals surface area (Å²) >= 11 is 12.0. The maximum atomic E-state index is 13.0. The predicted molar refractivity (Wildman–Crippen MR) is 119 cm³/mol. The fourth-order valence-electron chi connectivity index (χ4n) is 4.27. The highest BCUT2D eigenvalue weighted by atomic mass is 35.5. The quantitative estimate of drug-likeness (QED) is 0.683. The zero-order valence-corrected chi connectivity index (χ0v) is 19.8. The van der Waals surface area contributed by atoms with E-state index in [1.807, 2.05) is 6.92 Å². The van der Waals surface area contributed by atoms with E-state index in [0.29, 0.717) is 49.8 Å². The van der Waals surface area contributed by atoms with Gasteiger partial charge in [0.1, 0.15) is 10.4 Å². The lowest BCUT2D eigenvalue weighted by atomic mass is 9.90. The molecule has 1 saturated heterocycles. The number of hydrogen-bond acceptors (Lipinski definition) is 5. The second kappa shape index (κ2) is 8.65. The van der Waals surface area contributed by atoms with Gasteiger partial charge in [0.25, 0.3) is 5.91 Å². The molecule has 1 fully saturated rings. The molecule has 30 heavy (non-hydrogen) atoms. The van der Waals surface area contributed by atoms with Crippen molar-refractivity contribution in [3.63, 3.8) is 0 Å². The lowest BCUT2D eigenvalue weighted by Crippen LogP contribution is -2.47. The zero-order chi connectivity index (χ0) is 22.3. The average Bonchev–Trinajstić information content (AvgIpc) is 2.84. The van der Waals surface area contributed by atoms with Crippen LogP contribution in [0.4, 0.5) is 0 Å². The largest absolute Gasteiger partial charge is 0.369 e. The molecule has 1 unspecified atom stereocenters. The highest BCUT2D eigenvalue weighted by molar-refractivity contribution is 7.89. The molecule has 0 aromatic heterocycles. The second-order valence-electron chi connectivity index (χ2n) is 8.68. The number of halogens is 2. The van der Waals surface area contributed by atoms with Crippen LogP contribution in [-0.4, -0.2) is 54.7 Å². The molecule has 7 nitrogen and oxygen atoms in total. The van der Waals surface area contributed by atoms with Crippen molar-refractivity contribution < 1.29 is 13.2 Å². The van der Waals surface area contributed by atoms with Gasteiger partial charge in [0.15, 0.2) is 5.96 Å². The topological polar surface area (TPSA) is 96.1 Å². The van der Waals surface area contributed by atoms with Gasteiger partial charge in [0.2, 0.25) is 10.0 Å². The molecule has 3 rings (SSSR count). The van der Waals surface area contributed by atoms with Crippen LogP contribution in [-0.2, 0) is 14.8 Å². The van der Waals surface area contributed by atoms with Gasteiger partial charge in [-0.2, -0.15) is 4.31 Å². The average molecular weight is 475 g/mol. The first-order valence-corrected chi connectivity index (χ1v) is 12.3. The van der Waals surface area contributed by atoms with Crippen molar-refractivity contribution in [2.24, 2.45) is 22.6 Å². The van der Waals surface area contributed by atoms with Crippen molar-refractivity contribution in [2.75, 3.05) is 19.6 Å². The molecule has 166 valence electrons. The number of guanidine groups is 1. The number of sulfonamides is 1. The summed E-state index contributed by atoms with van der Waals surface area (Å²) in [5, 5.41) is 0.498. The Labute approximate surface area is 188 Å². The van der Waals surface area contributed by atoms with E-state index in [2.05, 4.69) is 18.8 Å². The highest BCUT2D eigenvalue weighted by Crippen LogP contribution is 2.32. The molecule has 1 atom stereocenters. The van der Waals surface area contributed by atoms with Gasteiger partial charge in [-0.25, -0.2) is 13.4 Å². The minimum atomic E-state index is -3.70. The maximum Gasteiger partial charge on any atom is 0.257 e. The summed E-state index contributed by atoms with van der Waals surface area (Å²) in [6, 6.07) is 4.38. The lowest BCUT2D eigenvalue weighted by Gasteiger charge is -2.33. The first-order chi connectivity index (χ1) is 13.9. The molecule has 10 heteroatoms. The number of nitrogens with two attached hydrogens (primary N) is 1. The Hall–Kier alpha value is -1.35. The SMILES string of the molecule is CC(C)CC1(C)N=C(N)N(CC2CCN(S(=O)(=O)c3ccc(Cl)cc3Cl)CC2)C1=O. The Morgan fingerprint density at radius 3 is 2.47 bits per heavy atom. The minimum Gasteiger partial charge on any atom is -0.369 e. The van der Waals surface area contributed by atoms with Crippen molar-refractivity contribution in [3.8, 4) is 0 Å². The fraction of sp³-hybridized carbons (Fsp3) is 0.600. The molecule has 1 aromatic carbocycles. The number of carbonyl (C=O) groups is 1. The summed E-state index contributed by atoms with van der Waals surface area (Å²) < 4.78 is 27.3. The molecule has 2 aliphatic heterocycles. The van der Waals surface area contributed by atoms with E-state index < -0.39 is 15.6 Å². The van der Waals surface area contributed by atoms with Crippen molar-refractivity contribution in [3.05, 3.63) is 28.2 Å². The molecule has 0 saturated carbocycles. The normalized spacial score (nSPS) is 24.0. The summed E-state index contributed by atoms with van der Waals surface area (Å²) in [4.78, 5) is 19.0. The van der Waals surface area contributed by atoms with Crippen molar-refractivity contribution in [2.45, 2.75) is 50.5 Å². The highest BCUT2D eigenvalue weighted by Gasteiger charge is 2.45. The van der Waals surface area contributed by atoms with Crippen LogP contribution < -0.4 is 5.73 Å². The number of piperidine rings is 1. The maximum absolute atomic E-state index is 13.0. The van der Waals surface area contributed by atoms with Crippen LogP contribution in [0.25, 0.3) is 0 Å². The zero-order valence-electron chi connectivity index (χ0n) is 17.4. The molecule has 1 amide bonds. The summed E-state index contributed by atoms with van der Waals surface area (Å²) in [6.45, 7) is 7.10. The number of amides is 1. The van der Waals surface area contributed by atoms with Crippen LogP contribution in [0.2, 0.25) is 10.0 Å². The van der Waals surface area contributed by atoms with Crippen molar-refractivity contribution in [1.29, 1.82) is 0 Å². The smallest absolute Gasteiger partial charge is 0.257 e. The number of nitrogens with zero attached hydrogens (tertiary/aromatic N) is 3. The van der Waals surface area contributed by atoms with E-state index in [1.54, 1.807) is 4.90 Å². The Bertz CT molecular complexity index is 959. The number of benzene rings is 1. The summed E-state index contributed by atoms with van der Waals surface area (Å²) in [7, 11) is -3.70. The molecule has 0 radical (unpaired) electrons. The predicted octanol–water partition coefficient (Wildman–Crippen LogP) is 3.36. The molecule has 1 aromatic rings. The third-order valence-electron chi connectivity index (χ3n) is 5.68. The van der Waals surface area contributed by atoms with Crippen LogP contribution in [0.5, 0.6) is 0 Å². The first kappa shape index (κ1) is 23.3. The number of aliphatic imine (C=N–C) groups is 1. The molecule has 2 heterocycles.